The van der Waals surface area contributed by atoms with Crippen molar-refractivity contribution in [3.8, 4) is 11.1 Å². The Morgan fingerprint density at radius 1 is 0.917 bits per heavy atom. The van der Waals surface area contributed by atoms with E-state index in [1.54, 1.807) is 0 Å². The van der Waals surface area contributed by atoms with Gasteiger partial charge < -0.3 is 5.32 Å². The fourth-order valence-corrected chi connectivity index (χ4v) is 3.20. The van der Waals surface area contributed by atoms with Gasteiger partial charge in [-0.05, 0) is 52.8 Å². The summed E-state index contributed by atoms with van der Waals surface area (Å²) in [5, 5.41) is 5.61. The molecule has 1 fully saturated rings. The van der Waals surface area contributed by atoms with Gasteiger partial charge in [0.25, 0.3) is 0 Å². The summed E-state index contributed by atoms with van der Waals surface area (Å²) in [6, 6.07) is 23.5. The summed E-state index contributed by atoms with van der Waals surface area (Å²) in [6.07, 6.45) is 2.97. The van der Waals surface area contributed by atoms with E-state index in [0.29, 0.717) is 6.54 Å². The number of hydrogen-bond acceptors (Lipinski definition) is 1. The van der Waals surface area contributed by atoms with Crippen molar-refractivity contribution in [2.75, 3.05) is 6.54 Å². The molecule has 1 aliphatic carbocycles. The van der Waals surface area contributed by atoms with Crippen LogP contribution >= 0.6 is 0 Å². The van der Waals surface area contributed by atoms with Crippen LogP contribution in [-0.4, -0.2) is 12.5 Å². The maximum Gasteiger partial charge on any atom is 0.223 e. The van der Waals surface area contributed by atoms with Crippen molar-refractivity contribution in [2.24, 2.45) is 5.92 Å². The molecule has 0 radical (unpaired) electrons. The average molecular weight is 315 g/mol. The Bertz CT molecular complexity index is 866. The van der Waals surface area contributed by atoms with Gasteiger partial charge in [-0.3, -0.25) is 4.79 Å². The topological polar surface area (TPSA) is 29.1 Å². The summed E-state index contributed by atoms with van der Waals surface area (Å²) < 4.78 is 0. The maximum absolute atomic E-state index is 11.8. The zero-order valence-electron chi connectivity index (χ0n) is 13.7. The van der Waals surface area contributed by atoms with Gasteiger partial charge in [0.05, 0.1) is 0 Å². The van der Waals surface area contributed by atoms with Gasteiger partial charge >= 0.3 is 0 Å². The molecular weight excluding hydrogens is 294 g/mol. The third-order valence-corrected chi connectivity index (χ3v) is 4.70. The minimum absolute atomic E-state index is 0.221. The van der Waals surface area contributed by atoms with Gasteiger partial charge in [0.1, 0.15) is 0 Å². The van der Waals surface area contributed by atoms with Crippen molar-refractivity contribution < 1.29 is 4.79 Å². The lowest BCUT2D eigenvalue weighted by Gasteiger charge is -2.11. The van der Waals surface area contributed by atoms with Crippen LogP contribution in [0.5, 0.6) is 0 Å². The third-order valence-electron chi connectivity index (χ3n) is 4.70. The molecule has 0 spiro atoms. The van der Waals surface area contributed by atoms with Crippen LogP contribution in [0.25, 0.3) is 21.9 Å². The molecular formula is C22H21NO. The van der Waals surface area contributed by atoms with Crippen molar-refractivity contribution in [2.45, 2.75) is 19.3 Å². The first-order chi connectivity index (χ1) is 11.8. The number of amides is 1. The molecule has 3 aromatic carbocycles. The highest BCUT2D eigenvalue weighted by Crippen LogP contribution is 2.29. The monoisotopic (exact) mass is 315 g/mol. The number of carbonyl (C=O) groups is 1. The molecule has 0 aliphatic heterocycles. The van der Waals surface area contributed by atoms with Gasteiger partial charge in [-0.1, -0.05) is 60.7 Å². The molecule has 0 unspecified atom stereocenters. The number of fused-ring (bicyclic) bond motifs is 1. The normalized spacial score (nSPS) is 13.8. The number of benzene rings is 3. The quantitative estimate of drug-likeness (QED) is 0.734. The molecule has 0 aromatic heterocycles. The molecule has 3 aromatic rings. The van der Waals surface area contributed by atoms with Gasteiger partial charge in [0.2, 0.25) is 5.91 Å². The highest BCUT2D eigenvalue weighted by molar-refractivity contribution is 5.90. The Kier molecular flexibility index (Phi) is 4.04. The fourth-order valence-electron chi connectivity index (χ4n) is 3.20. The first kappa shape index (κ1) is 14.9. The number of rotatable bonds is 5. The minimum Gasteiger partial charge on any atom is -0.356 e. The minimum atomic E-state index is 0.221. The number of nitrogens with one attached hydrogen (secondary N) is 1. The van der Waals surface area contributed by atoms with Crippen molar-refractivity contribution in [3.05, 3.63) is 72.3 Å². The van der Waals surface area contributed by atoms with Crippen LogP contribution in [-0.2, 0) is 11.2 Å². The van der Waals surface area contributed by atoms with E-state index in [9.17, 15) is 4.79 Å². The summed E-state index contributed by atoms with van der Waals surface area (Å²) >= 11 is 0. The highest BCUT2D eigenvalue weighted by atomic mass is 16.2. The largest absolute Gasteiger partial charge is 0.356 e. The van der Waals surface area contributed by atoms with Crippen molar-refractivity contribution in [1.82, 2.24) is 5.32 Å². The highest BCUT2D eigenvalue weighted by Gasteiger charge is 2.29. The van der Waals surface area contributed by atoms with E-state index in [2.05, 4.69) is 66.0 Å². The molecule has 120 valence electrons. The second-order valence-electron chi connectivity index (χ2n) is 6.54. The number of hydrogen-bond donors (Lipinski definition) is 1. The molecule has 1 saturated carbocycles. The zero-order valence-corrected chi connectivity index (χ0v) is 13.7. The van der Waals surface area contributed by atoms with E-state index in [0.717, 1.165) is 19.3 Å². The Hall–Kier alpha value is -2.61. The van der Waals surface area contributed by atoms with E-state index < -0.39 is 0 Å². The lowest BCUT2D eigenvalue weighted by molar-refractivity contribution is -0.122. The number of carbonyl (C=O) groups excluding carboxylic acids is 1. The van der Waals surface area contributed by atoms with Gasteiger partial charge in [-0.2, -0.15) is 0 Å². The molecule has 2 nitrogen and oxygen atoms in total. The lowest BCUT2D eigenvalue weighted by atomic mass is 9.95. The average Bonchev–Trinajstić information content (AvgIpc) is 3.47. The molecule has 0 heterocycles. The molecule has 4 rings (SSSR count). The van der Waals surface area contributed by atoms with Crippen LogP contribution in [0.2, 0.25) is 0 Å². The first-order valence-corrected chi connectivity index (χ1v) is 8.66. The van der Waals surface area contributed by atoms with Gasteiger partial charge in [0.15, 0.2) is 0 Å². The Labute approximate surface area is 142 Å². The second-order valence-corrected chi connectivity index (χ2v) is 6.54. The summed E-state index contributed by atoms with van der Waals surface area (Å²) in [5.74, 6) is 0.496. The standard InChI is InChI=1S/C22H21NO/c24-22(17-10-11-17)23-13-12-19-15-20(16-6-2-1-3-7-16)14-18-8-4-5-9-21(18)19/h1-9,14-15,17H,10-13H2,(H,23,24). The summed E-state index contributed by atoms with van der Waals surface area (Å²) in [6.45, 7) is 0.706. The molecule has 0 bridgehead atoms. The first-order valence-electron chi connectivity index (χ1n) is 8.66. The van der Waals surface area contributed by atoms with Crippen molar-refractivity contribution in [3.63, 3.8) is 0 Å². The van der Waals surface area contributed by atoms with Crippen LogP contribution in [0.1, 0.15) is 18.4 Å². The zero-order chi connectivity index (χ0) is 16.4. The van der Waals surface area contributed by atoms with Crippen LogP contribution in [0.4, 0.5) is 0 Å². The molecule has 1 amide bonds. The van der Waals surface area contributed by atoms with Gasteiger partial charge in [0, 0.05) is 12.5 Å². The van der Waals surface area contributed by atoms with Gasteiger partial charge in [-0.15, -0.1) is 0 Å². The van der Waals surface area contributed by atoms with Gasteiger partial charge in [-0.25, -0.2) is 0 Å². The summed E-state index contributed by atoms with van der Waals surface area (Å²) in [4.78, 5) is 11.8. The molecule has 0 atom stereocenters. The summed E-state index contributed by atoms with van der Waals surface area (Å²) in [5.41, 5.74) is 3.76. The molecule has 2 heteroatoms. The Morgan fingerprint density at radius 3 is 2.46 bits per heavy atom. The van der Waals surface area contributed by atoms with E-state index in [-0.39, 0.29) is 11.8 Å². The lowest BCUT2D eigenvalue weighted by Crippen LogP contribution is -2.26. The fraction of sp³-hybridized carbons (Fsp3) is 0.227. The van der Waals surface area contributed by atoms with Crippen LogP contribution < -0.4 is 5.32 Å². The van der Waals surface area contributed by atoms with Crippen LogP contribution in [0, 0.1) is 5.92 Å². The summed E-state index contributed by atoms with van der Waals surface area (Å²) in [7, 11) is 0. The Morgan fingerprint density at radius 2 is 1.67 bits per heavy atom. The Balaban J connectivity index is 1.63. The smallest absolute Gasteiger partial charge is 0.223 e. The molecule has 1 aliphatic rings. The van der Waals surface area contributed by atoms with Crippen molar-refractivity contribution >= 4 is 16.7 Å². The third kappa shape index (κ3) is 3.18. The van der Waals surface area contributed by atoms with E-state index >= 15 is 0 Å². The second kappa shape index (κ2) is 6.48. The van der Waals surface area contributed by atoms with Crippen molar-refractivity contribution in [1.29, 1.82) is 0 Å². The van der Waals surface area contributed by atoms with Crippen LogP contribution in [0.15, 0.2) is 66.7 Å². The molecule has 24 heavy (non-hydrogen) atoms. The maximum atomic E-state index is 11.8. The molecule has 1 N–H and O–H groups in total. The predicted molar refractivity (Wildman–Crippen MR) is 98.8 cm³/mol. The van der Waals surface area contributed by atoms with Crippen LogP contribution in [0.3, 0.4) is 0 Å². The predicted octanol–water partition coefficient (Wildman–Crippen LogP) is 4.58. The van der Waals surface area contributed by atoms with E-state index in [1.807, 2.05) is 6.07 Å². The SMILES string of the molecule is O=C(NCCc1cc(-c2ccccc2)cc2ccccc12)C1CC1. The molecule has 0 saturated heterocycles. The van der Waals surface area contributed by atoms with E-state index in [4.69, 9.17) is 0 Å². The van der Waals surface area contributed by atoms with E-state index in [1.165, 1.54) is 27.5 Å².